The second kappa shape index (κ2) is 4.31. The molecule has 1 fully saturated rings. The van der Waals surface area contributed by atoms with Crippen LogP contribution in [0, 0.1) is 19.8 Å². The monoisotopic (exact) mass is 204 g/mol. The summed E-state index contributed by atoms with van der Waals surface area (Å²) in [5.41, 5.74) is 3.79. The molecule has 2 nitrogen and oxygen atoms in total. The van der Waals surface area contributed by atoms with Crippen molar-refractivity contribution >= 4 is 0 Å². The van der Waals surface area contributed by atoms with E-state index in [1.807, 2.05) is 6.20 Å². The Hall–Kier alpha value is -0.890. The van der Waals surface area contributed by atoms with E-state index >= 15 is 0 Å². The van der Waals surface area contributed by atoms with Gasteiger partial charge in [0.2, 0.25) is 0 Å². The molecule has 0 saturated carbocycles. The molecular weight excluding hydrogens is 184 g/mol. The first-order chi connectivity index (χ1) is 7.16. The Morgan fingerprint density at radius 3 is 2.73 bits per heavy atom. The van der Waals surface area contributed by atoms with Gasteiger partial charge < -0.3 is 5.32 Å². The third-order valence-corrected chi connectivity index (χ3v) is 3.42. The third kappa shape index (κ3) is 2.37. The van der Waals surface area contributed by atoms with Crippen molar-refractivity contribution < 1.29 is 0 Å². The summed E-state index contributed by atoms with van der Waals surface area (Å²) in [5, 5.41) is 3.59. The Labute approximate surface area is 92.1 Å². The van der Waals surface area contributed by atoms with Crippen LogP contribution in [0.3, 0.4) is 0 Å². The van der Waals surface area contributed by atoms with Gasteiger partial charge in [-0.05, 0) is 50.3 Å². The van der Waals surface area contributed by atoms with Gasteiger partial charge in [-0.2, -0.15) is 0 Å². The molecule has 1 aromatic rings. The van der Waals surface area contributed by atoms with Crippen LogP contribution in [-0.2, 0) is 0 Å². The molecule has 0 radical (unpaired) electrons. The van der Waals surface area contributed by atoms with Crippen LogP contribution in [-0.4, -0.2) is 11.5 Å². The minimum absolute atomic E-state index is 0.521. The quantitative estimate of drug-likeness (QED) is 0.761. The second-order valence-electron chi connectivity index (χ2n) is 4.81. The van der Waals surface area contributed by atoms with Gasteiger partial charge in [-0.3, -0.25) is 4.98 Å². The molecule has 0 amide bonds. The molecular formula is C13H20N2. The predicted molar refractivity (Wildman–Crippen MR) is 62.9 cm³/mol. The van der Waals surface area contributed by atoms with E-state index in [0.29, 0.717) is 6.04 Å². The van der Waals surface area contributed by atoms with Gasteiger partial charge in [-0.25, -0.2) is 0 Å². The molecule has 0 aromatic carbocycles. The molecule has 2 heteroatoms. The zero-order valence-corrected chi connectivity index (χ0v) is 9.88. The first-order valence-electron chi connectivity index (χ1n) is 5.83. The van der Waals surface area contributed by atoms with Crippen molar-refractivity contribution in [1.29, 1.82) is 0 Å². The third-order valence-electron chi connectivity index (χ3n) is 3.42. The standard InChI is InChI=1S/C13H20N2/c1-9-4-5-13(15-7-9)12-6-10(2)11(3)14-8-12/h6,8-9,13,15H,4-5,7H2,1-3H3/t9-,13+/m0/s1. The van der Waals surface area contributed by atoms with Crippen molar-refractivity contribution in [2.75, 3.05) is 6.54 Å². The first-order valence-corrected chi connectivity index (χ1v) is 5.83. The van der Waals surface area contributed by atoms with Crippen molar-refractivity contribution in [2.45, 2.75) is 39.7 Å². The van der Waals surface area contributed by atoms with Gasteiger partial charge in [0.1, 0.15) is 0 Å². The van der Waals surface area contributed by atoms with E-state index in [-0.39, 0.29) is 0 Å². The van der Waals surface area contributed by atoms with E-state index in [0.717, 1.165) is 18.2 Å². The van der Waals surface area contributed by atoms with E-state index in [1.165, 1.54) is 24.0 Å². The van der Waals surface area contributed by atoms with E-state index in [4.69, 9.17) is 0 Å². The van der Waals surface area contributed by atoms with Gasteiger partial charge in [0.05, 0.1) is 0 Å². The summed E-state index contributed by atoms with van der Waals surface area (Å²) in [6.07, 6.45) is 4.59. The number of rotatable bonds is 1. The summed E-state index contributed by atoms with van der Waals surface area (Å²) in [6.45, 7) is 7.65. The molecule has 1 aliphatic heterocycles. The zero-order valence-electron chi connectivity index (χ0n) is 9.88. The van der Waals surface area contributed by atoms with E-state index in [1.54, 1.807) is 0 Å². The van der Waals surface area contributed by atoms with E-state index in [2.05, 4.69) is 37.1 Å². The zero-order chi connectivity index (χ0) is 10.8. The highest BCUT2D eigenvalue weighted by Crippen LogP contribution is 2.25. The number of pyridine rings is 1. The predicted octanol–water partition coefficient (Wildman–Crippen LogP) is 2.76. The van der Waals surface area contributed by atoms with Crippen LogP contribution in [0.15, 0.2) is 12.3 Å². The molecule has 1 aromatic heterocycles. The molecule has 1 saturated heterocycles. The minimum Gasteiger partial charge on any atom is -0.310 e. The van der Waals surface area contributed by atoms with Crippen LogP contribution in [0.25, 0.3) is 0 Å². The van der Waals surface area contributed by atoms with Crippen LogP contribution in [0.2, 0.25) is 0 Å². The van der Waals surface area contributed by atoms with Gasteiger partial charge in [-0.1, -0.05) is 13.0 Å². The molecule has 2 heterocycles. The Morgan fingerprint density at radius 2 is 2.13 bits per heavy atom. The maximum absolute atomic E-state index is 4.43. The summed E-state index contributed by atoms with van der Waals surface area (Å²) in [7, 11) is 0. The number of nitrogens with zero attached hydrogens (tertiary/aromatic N) is 1. The van der Waals surface area contributed by atoms with Gasteiger partial charge in [0.25, 0.3) is 0 Å². The molecule has 1 aliphatic rings. The summed E-state index contributed by atoms with van der Waals surface area (Å²) >= 11 is 0. The van der Waals surface area contributed by atoms with Crippen molar-refractivity contribution in [3.8, 4) is 0 Å². The smallest absolute Gasteiger partial charge is 0.0402 e. The van der Waals surface area contributed by atoms with Crippen molar-refractivity contribution in [3.63, 3.8) is 0 Å². The van der Waals surface area contributed by atoms with Crippen molar-refractivity contribution in [2.24, 2.45) is 5.92 Å². The lowest BCUT2D eigenvalue weighted by molar-refractivity contribution is 0.332. The highest BCUT2D eigenvalue weighted by molar-refractivity contribution is 5.25. The lowest BCUT2D eigenvalue weighted by atomic mass is 9.92. The maximum atomic E-state index is 4.43. The van der Waals surface area contributed by atoms with Crippen molar-refractivity contribution in [3.05, 3.63) is 29.1 Å². The van der Waals surface area contributed by atoms with Crippen LogP contribution >= 0.6 is 0 Å². The summed E-state index contributed by atoms with van der Waals surface area (Å²) in [5.74, 6) is 0.820. The van der Waals surface area contributed by atoms with E-state index in [9.17, 15) is 0 Å². The van der Waals surface area contributed by atoms with Gasteiger partial charge in [0.15, 0.2) is 0 Å². The topological polar surface area (TPSA) is 24.9 Å². The van der Waals surface area contributed by atoms with Crippen molar-refractivity contribution in [1.82, 2.24) is 10.3 Å². The average Bonchev–Trinajstić information content (AvgIpc) is 2.23. The SMILES string of the molecule is Cc1cc([C@H]2CC[C@H](C)CN2)cnc1C. The Bertz CT molecular complexity index is 338. The summed E-state index contributed by atoms with van der Waals surface area (Å²) in [6, 6.07) is 2.80. The van der Waals surface area contributed by atoms with Crippen LogP contribution in [0.1, 0.15) is 42.6 Å². The van der Waals surface area contributed by atoms with Crippen LogP contribution < -0.4 is 5.32 Å². The summed E-state index contributed by atoms with van der Waals surface area (Å²) < 4.78 is 0. The molecule has 0 unspecified atom stereocenters. The molecule has 2 atom stereocenters. The Morgan fingerprint density at radius 1 is 1.33 bits per heavy atom. The number of hydrogen-bond donors (Lipinski definition) is 1. The molecule has 0 aliphatic carbocycles. The minimum atomic E-state index is 0.521. The number of hydrogen-bond acceptors (Lipinski definition) is 2. The van der Waals surface area contributed by atoms with Gasteiger partial charge >= 0.3 is 0 Å². The van der Waals surface area contributed by atoms with Crippen LogP contribution in [0.4, 0.5) is 0 Å². The highest BCUT2D eigenvalue weighted by atomic mass is 14.9. The number of aryl methyl sites for hydroxylation is 2. The lowest BCUT2D eigenvalue weighted by Crippen LogP contribution is -2.31. The fourth-order valence-electron chi connectivity index (χ4n) is 2.14. The number of aromatic nitrogens is 1. The Kier molecular flexibility index (Phi) is 3.06. The molecule has 82 valence electrons. The Balaban J connectivity index is 2.12. The van der Waals surface area contributed by atoms with Crippen LogP contribution in [0.5, 0.6) is 0 Å². The number of nitrogens with one attached hydrogen (secondary N) is 1. The highest BCUT2D eigenvalue weighted by Gasteiger charge is 2.19. The summed E-state index contributed by atoms with van der Waals surface area (Å²) in [4.78, 5) is 4.43. The molecule has 15 heavy (non-hydrogen) atoms. The molecule has 1 N–H and O–H groups in total. The molecule has 2 rings (SSSR count). The fraction of sp³-hybridized carbons (Fsp3) is 0.615. The lowest BCUT2D eigenvalue weighted by Gasteiger charge is -2.28. The average molecular weight is 204 g/mol. The fourth-order valence-corrected chi connectivity index (χ4v) is 2.14. The second-order valence-corrected chi connectivity index (χ2v) is 4.81. The number of piperidine rings is 1. The van der Waals surface area contributed by atoms with Gasteiger partial charge in [-0.15, -0.1) is 0 Å². The first kappa shape index (κ1) is 10.6. The molecule has 0 bridgehead atoms. The maximum Gasteiger partial charge on any atom is 0.0402 e. The van der Waals surface area contributed by atoms with E-state index < -0.39 is 0 Å². The normalized spacial score (nSPS) is 26.6. The largest absolute Gasteiger partial charge is 0.310 e. The molecule has 0 spiro atoms. The van der Waals surface area contributed by atoms with Gasteiger partial charge in [0, 0.05) is 17.9 Å².